The van der Waals surface area contributed by atoms with E-state index >= 15 is 0 Å². The van der Waals surface area contributed by atoms with Gasteiger partial charge in [-0.25, -0.2) is 4.98 Å². The predicted octanol–water partition coefficient (Wildman–Crippen LogP) is 2.69. The molecule has 0 radical (unpaired) electrons. The van der Waals surface area contributed by atoms with E-state index in [4.69, 9.17) is 4.98 Å². The Labute approximate surface area is 154 Å². The molecule has 3 heterocycles. The van der Waals surface area contributed by atoms with Crippen molar-refractivity contribution in [3.63, 3.8) is 0 Å². The van der Waals surface area contributed by atoms with E-state index in [1.807, 2.05) is 18.2 Å². The molecule has 1 fully saturated rings. The molecule has 26 heavy (non-hydrogen) atoms. The first kappa shape index (κ1) is 16.8. The van der Waals surface area contributed by atoms with Crippen molar-refractivity contribution in [2.75, 3.05) is 18.0 Å². The number of pyridine rings is 1. The van der Waals surface area contributed by atoms with Gasteiger partial charge in [0.15, 0.2) is 5.13 Å². The number of anilines is 1. The molecular formula is C19H20N4O2S. The topological polar surface area (TPSA) is 78.1 Å². The summed E-state index contributed by atoms with van der Waals surface area (Å²) < 4.78 is 1.17. The van der Waals surface area contributed by atoms with E-state index in [2.05, 4.69) is 21.3 Å². The van der Waals surface area contributed by atoms with Crippen molar-refractivity contribution in [1.82, 2.24) is 15.3 Å². The number of carbonyl (C=O) groups excluding carboxylic acids is 1. The Morgan fingerprint density at radius 2 is 2.15 bits per heavy atom. The van der Waals surface area contributed by atoms with Crippen molar-refractivity contribution < 1.29 is 4.79 Å². The van der Waals surface area contributed by atoms with E-state index in [0.29, 0.717) is 6.54 Å². The normalized spacial score (nSPS) is 17.4. The maximum Gasteiger partial charge on any atom is 0.260 e. The van der Waals surface area contributed by atoms with Crippen LogP contribution in [0.3, 0.4) is 0 Å². The summed E-state index contributed by atoms with van der Waals surface area (Å²) in [5.41, 5.74) is 1.56. The quantitative estimate of drug-likeness (QED) is 0.745. The van der Waals surface area contributed by atoms with Crippen LogP contribution in [0, 0.1) is 6.92 Å². The average molecular weight is 368 g/mol. The van der Waals surface area contributed by atoms with Crippen molar-refractivity contribution in [2.24, 2.45) is 0 Å². The Morgan fingerprint density at radius 3 is 2.96 bits per heavy atom. The molecule has 1 amide bonds. The minimum Gasteiger partial charge on any atom is -0.347 e. The van der Waals surface area contributed by atoms with Crippen LogP contribution < -0.4 is 15.8 Å². The highest BCUT2D eigenvalue weighted by Gasteiger charge is 2.24. The number of H-pyrrole nitrogens is 1. The van der Waals surface area contributed by atoms with Crippen molar-refractivity contribution in [3.05, 3.63) is 58.0 Å². The first-order valence-electron chi connectivity index (χ1n) is 8.71. The van der Waals surface area contributed by atoms with Crippen molar-refractivity contribution >= 4 is 32.6 Å². The number of carbonyl (C=O) groups is 1. The molecule has 0 aliphatic carbocycles. The lowest BCUT2D eigenvalue weighted by Crippen LogP contribution is -2.48. The summed E-state index contributed by atoms with van der Waals surface area (Å²) in [4.78, 5) is 34.0. The van der Waals surface area contributed by atoms with Gasteiger partial charge in [-0.1, -0.05) is 23.5 Å². The predicted molar refractivity (Wildman–Crippen MR) is 104 cm³/mol. The Morgan fingerprint density at radius 1 is 1.31 bits per heavy atom. The van der Waals surface area contributed by atoms with Crippen LogP contribution in [0.2, 0.25) is 0 Å². The molecule has 0 saturated carbocycles. The van der Waals surface area contributed by atoms with Crippen molar-refractivity contribution in [1.29, 1.82) is 0 Å². The second kappa shape index (κ2) is 6.92. The third-order valence-electron chi connectivity index (χ3n) is 4.61. The van der Waals surface area contributed by atoms with Gasteiger partial charge in [-0.3, -0.25) is 9.59 Å². The number of benzene rings is 1. The monoisotopic (exact) mass is 368 g/mol. The van der Waals surface area contributed by atoms with Gasteiger partial charge in [-0.2, -0.15) is 0 Å². The Hall–Kier alpha value is -2.67. The zero-order valence-corrected chi connectivity index (χ0v) is 15.3. The molecule has 1 aliphatic rings. The van der Waals surface area contributed by atoms with Crippen LogP contribution in [0.15, 0.2) is 41.2 Å². The second-order valence-corrected chi connectivity index (χ2v) is 7.62. The summed E-state index contributed by atoms with van der Waals surface area (Å²) in [5.74, 6) is -0.317. The zero-order chi connectivity index (χ0) is 18.1. The fourth-order valence-corrected chi connectivity index (χ4v) is 4.28. The van der Waals surface area contributed by atoms with Crippen LogP contribution in [0.25, 0.3) is 10.2 Å². The summed E-state index contributed by atoms with van der Waals surface area (Å²) in [6, 6.07) is 11.4. The molecule has 7 heteroatoms. The first-order chi connectivity index (χ1) is 12.6. The number of aryl methyl sites for hydroxylation is 1. The minimum absolute atomic E-state index is 0.00367. The minimum atomic E-state index is -0.346. The number of nitrogens with one attached hydrogen (secondary N) is 2. The van der Waals surface area contributed by atoms with Gasteiger partial charge in [-0.05, 0) is 44.0 Å². The van der Waals surface area contributed by atoms with E-state index < -0.39 is 0 Å². The molecule has 0 spiro atoms. The first-order valence-corrected chi connectivity index (χ1v) is 9.53. The van der Waals surface area contributed by atoms with Crippen LogP contribution >= 0.6 is 11.3 Å². The molecule has 2 aromatic heterocycles. The number of aromatic nitrogens is 2. The van der Waals surface area contributed by atoms with Crippen molar-refractivity contribution in [2.45, 2.75) is 25.8 Å². The number of nitrogens with zero attached hydrogens (tertiary/aromatic N) is 2. The molecular weight excluding hydrogens is 348 g/mol. The number of amides is 1. The third-order valence-corrected chi connectivity index (χ3v) is 5.71. The molecule has 1 aromatic carbocycles. The van der Waals surface area contributed by atoms with Crippen LogP contribution in [0.5, 0.6) is 0 Å². The average Bonchev–Trinajstić information content (AvgIpc) is 3.06. The molecule has 3 aromatic rings. The molecule has 2 N–H and O–H groups in total. The smallest absolute Gasteiger partial charge is 0.260 e. The molecule has 1 unspecified atom stereocenters. The van der Waals surface area contributed by atoms with Gasteiger partial charge < -0.3 is 15.2 Å². The number of para-hydroxylation sites is 1. The van der Waals surface area contributed by atoms with Crippen LogP contribution in [-0.4, -0.2) is 35.0 Å². The molecule has 6 nitrogen and oxygen atoms in total. The van der Waals surface area contributed by atoms with Gasteiger partial charge in [0.05, 0.1) is 10.2 Å². The Kier molecular flexibility index (Phi) is 4.46. The van der Waals surface area contributed by atoms with E-state index in [-0.39, 0.29) is 23.1 Å². The summed E-state index contributed by atoms with van der Waals surface area (Å²) >= 11 is 1.67. The van der Waals surface area contributed by atoms with Gasteiger partial charge in [0, 0.05) is 24.8 Å². The lowest BCUT2D eigenvalue weighted by molar-refractivity contribution is 0.0931. The van der Waals surface area contributed by atoms with Gasteiger partial charge in [0.2, 0.25) is 0 Å². The molecule has 134 valence electrons. The van der Waals surface area contributed by atoms with Gasteiger partial charge in [0.1, 0.15) is 5.56 Å². The molecule has 1 atom stereocenters. The van der Waals surface area contributed by atoms with Crippen LogP contribution in [0.4, 0.5) is 5.13 Å². The SMILES string of the molecule is Cc1ccc(C(=O)NC2CCCN(c3nc4ccccc4s3)C2)c(=O)[nH]1. The molecule has 4 rings (SSSR count). The van der Waals surface area contributed by atoms with Gasteiger partial charge in [-0.15, -0.1) is 0 Å². The van der Waals surface area contributed by atoms with E-state index in [1.54, 1.807) is 30.4 Å². The van der Waals surface area contributed by atoms with Gasteiger partial charge in [0.25, 0.3) is 11.5 Å². The standard InChI is InChI=1S/C19H20N4O2S/c1-12-8-9-14(17(24)20-12)18(25)21-13-5-4-10-23(11-13)19-22-15-6-2-3-7-16(15)26-19/h2-3,6-9,13H,4-5,10-11H2,1H3,(H,20,24)(H,21,25). The number of aromatic amines is 1. The van der Waals surface area contributed by atoms with E-state index in [9.17, 15) is 9.59 Å². The Balaban J connectivity index is 1.48. The summed E-state index contributed by atoms with van der Waals surface area (Å²) in [5, 5.41) is 3.99. The highest BCUT2D eigenvalue weighted by molar-refractivity contribution is 7.22. The zero-order valence-electron chi connectivity index (χ0n) is 14.5. The summed E-state index contributed by atoms with van der Waals surface area (Å²) in [6.07, 6.45) is 1.88. The highest BCUT2D eigenvalue weighted by atomic mass is 32.1. The fourth-order valence-electron chi connectivity index (χ4n) is 3.28. The maximum absolute atomic E-state index is 12.5. The lowest BCUT2D eigenvalue weighted by Gasteiger charge is -2.32. The number of thiazole rings is 1. The van der Waals surface area contributed by atoms with Crippen LogP contribution in [-0.2, 0) is 0 Å². The number of piperidine rings is 1. The molecule has 1 aliphatic heterocycles. The summed E-state index contributed by atoms with van der Waals surface area (Å²) in [7, 11) is 0. The van der Waals surface area contributed by atoms with Crippen molar-refractivity contribution in [3.8, 4) is 0 Å². The Bertz CT molecular complexity index is 977. The number of fused-ring (bicyclic) bond motifs is 1. The van der Waals surface area contributed by atoms with E-state index in [0.717, 1.165) is 35.7 Å². The number of hydrogen-bond acceptors (Lipinski definition) is 5. The lowest BCUT2D eigenvalue weighted by atomic mass is 10.1. The highest BCUT2D eigenvalue weighted by Crippen LogP contribution is 2.30. The number of rotatable bonds is 3. The number of hydrogen-bond donors (Lipinski definition) is 2. The van der Waals surface area contributed by atoms with Gasteiger partial charge >= 0.3 is 0 Å². The maximum atomic E-state index is 12.5. The molecule has 1 saturated heterocycles. The largest absolute Gasteiger partial charge is 0.347 e. The molecule has 0 bridgehead atoms. The van der Waals surface area contributed by atoms with Crippen LogP contribution in [0.1, 0.15) is 28.9 Å². The fraction of sp³-hybridized carbons (Fsp3) is 0.316. The van der Waals surface area contributed by atoms with E-state index in [1.165, 1.54) is 4.70 Å². The summed E-state index contributed by atoms with van der Waals surface area (Å²) in [6.45, 7) is 3.42. The second-order valence-electron chi connectivity index (χ2n) is 6.61. The third kappa shape index (κ3) is 3.35.